The van der Waals surface area contributed by atoms with Gasteiger partial charge in [0.25, 0.3) is 5.69 Å². The third-order valence-electron chi connectivity index (χ3n) is 3.38. The van der Waals surface area contributed by atoms with Crippen LogP contribution < -0.4 is 0 Å². The maximum atomic E-state index is 11.0. The van der Waals surface area contributed by atoms with Crippen molar-refractivity contribution in [1.29, 1.82) is 0 Å². The summed E-state index contributed by atoms with van der Waals surface area (Å²) >= 11 is 1.55. The molecule has 0 fully saturated rings. The van der Waals surface area contributed by atoms with Crippen molar-refractivity contribution in [3.8, 4) is 21.7 Å². The molecule has 3 rings (SSSR count). The molecule has 0 amide bonds. The molecule has 0 atom stereocenters. The first-order chi connectivity index (χ1) is 10.5. The fourth-order valence-electron chi connectivity index (χ4n) is 2.29. The highest BCUT2D eigenvalue weighted by atomic mass is 32.1. The lowest BCUT2D eigenvalue weighted by molar-refractivity contribution is -0.384. The van der Waals surface area contributed by atoms with Crippen LogP contribution >= 0.6 is 11.3 Å². The van der Waals surface area contributed by atoms with Gasteiger partial charge >= 0.3 is 0 Å². The number of nitrogens with zero attached hydrogens (tertiary/aromatic N) is 2. The van der Waals surface area contributed by atoms with E-state index in [1.807, 2.05) is 44.2 Å². The Morgan fingerprint density at radius 1 is 1.05 bits per heavy atom. The average molecular weight is 310 g/mol. The minimum atomic E-state index is -0.372. The Balaban J connectivity index is 2.14. The minimum Gasteiger partial charge on any atom is -0.258 e. The van der Waals surface area contributed by atoms with Crippen LogP contribution in [0.25, 0.3) is 21.7 Å². The van der Waals surface area contributed by atoms with Crippen molar-refractivity contribution in [3.63, 3.8) is 0 Å². The Bertz CT molecular complexity index is 838. The van der Waals surface area contributed by atoms with Crippen molar-refractivity contribution < 1.29 is 4.92 Å². The lowest BCUT2D eigenvalue weighted by Crippen LogP contribution is -1.88. The zero-order valence-electron chi connectivity index (χ0n) is 12.2. The molecule has 0 N–H and O–H groups in total. The van der Waals surface area contributed by atoms with E-state index < -0.39 is 0 Å². The molecule has 0 saturated carbocycles. The summed E-state index contributed by atoms with van der Waals surface area (Å²) in [4.78, 5) is 16.2. The van der Waals surface area contributed by atoms with Crippen molar-refractivity contribution in [2.45, 2.75) is 13.8 Å². The van der Waals surface area contributed by atoms with Gasteiger partial charge in [-0.05, 0) is 13.8 Å². The molecule has 0 aliphatic rings. The van der Waals surface area contributed by atoms with Crippen molar-refractivity contribution in [3.05, 3.63) is 69.2 Å². The van der Waals surface area contributed by atoms with E-state index in [1.54, 1.807) is 23.5 Å². The van der Waals surface area contributed by atoms with Crippen molar-refractivity contribution >= 4 is 17.0 Å². The Kier molecular flexibility index (Phi) is 3.73. The number of nitro groups is 1. The highest BCUT2D eigenvalue weighted by Gasteiger charge is 2.15. The monoisotopic (exact) mass is 310 g/mol. The third kappa shape index (κ3) is 2.76. The Labute approximate surface area is 132 Å². The normalized spacial score (nSPS) is 10.6. The molecular weight excluding hydrogens is 296 g/mol. The fraction of sp³-hybridized carbons (Fsp3) is 0.118. The van der Waals surface area contributed by atoms with Gasteiger partial charge in [0, 0.05) is 23.3 Å². The molecule has 1 heterocycles. The zero-order valence-corrected chi connectivity index (χ0v) is 13.1. The second kappa shape index (κ2) is 5.69. The largest absolute Gasteiger partial charge is 0.270 e. The predicted molar refractivity (Wildman–Crippen MR) is 89.1 cm³/mol. The first-order valence-corrected chi connectivity index (χ1v) is 7.65. The van der Waals surface area contributed by atoms with E-state index in [9.17, 15) is 10.1 Å². The molecular formula is C17H14N2O2S. The van der Waals surface area contributed by atoms with Gasteiger partial charge in [0.05, 0.1) is 20.5 Å². The van der Waals surface area contributed by atoms with Gasteiger partial charge in [-0.25, -0.2) is 4.98 Å². The van der Waals surface area contributed by atoms with E-state index in [2.05, 4.69) is 4.98 Å². The zero-order chi connectivity index (χ0) is 15.7. The number of non-ortho nitro benzene ring substituents is 1. The summed E-state index contributed by atoms with van der Waals surface area (Å²) in [5.74, 6) is 0. The van der Waals surface area contributed by atoms with E-state index in [0.717, 1.165) is 26.7 Å². The second-order valence-electron chi connectivity index (χ2n) is 5.08. The van der Waals surface area contributed by atoms with E-state index in [0.29, 0.717) is 0 Å². The molecule has 3 aromatic rings. The number of hydrogen-bond donors (Lipinski definition) is 0. The molecule has 0 aliphatic carbocycles. The lowest BCUT2D eigenvalue weighted by Gasteiger charge is -2.03. The molecule has 1 aromatic heterocycles. The molecule has 110 valence electrons. The van der Waals surface area contributed by atoms with Crippen LogP contribution in [-0.2, 0) is 0 Å². The Hall–Kier alpha value is -2.53. The molecule has 0 aliphatic heterocycles. The number of aryl methyl sites for hydroxylation is 2. The quantitative estimate of drug-likeness (QED) is 0.505. The van der Waals surface area contributed by atoms with E-state index in [4.69, 9.17) is 0 Å². The number of rotatable bonds is 3. The molecule has 4 nitrogen and oxygen atoms in total. The van der Waals surface area contributed by atoms with Crippen LogP contribution in [-0.4, -0.2) is 9.91 Å². The van der Waals surface area contributed by atoms with Gasteiger partial charge in [-0.15, -0.1) is 11.3 Å². The van der Waals surface area contributed by atoms with Gasteiger partial charge in [0.15, 0.2) is 0 Å². The third-order valence-corrected chi connectivity index (χ3v) is 4.40. The van der Waals surface area contributed by atoms with Crippen LogP contribution in [0.15, 0.2) is 48.5 Å². The minimum absolute atomic E-state index is 0.0957. The summed E-state index contributed by atoms with van der Waals surface area (Å²) in [6.07, 6.45) is 0. The number of nitro benzene ring substituents is 1. The molecule has 0 unspecified atom stereocenters. The highest BCUT2D eigenvalue weighted by molar-refractivity contribution is 7.15. The molecule has 2 aromatic carbocycles. The summed E-state index contributed by atoms with van der Waals surface area (Å²) in [5, 5.41) is 11.9. The van der Waals surface area contributed by atoms with E-state index >= 15 is 0 Å². The number of thiazole rings is 1. The molecule has 0 bridgehead atoms. The van der Waals surface area contributed by atoms with Crippen LogP contribution in [0, 0.1) is 24.0 Å². The van der Waals surface area contributed by atoms with Gasteiger partial charge in [-0.3, -0.25) is 10.1 Å². The van der Waals surface area contributed by atoms with Gasteiger partial charge in [-0.2, -0.15) is 0 Å². The summed E-state index contributed by atoms with van der Waals surface area (Å²) in [7, 11) is 0. The SMILES string of the molecule is Cc1ccc(-c2nc(C)sc2-c2cccc([N+](=O)[O-])c2)cc1. The molecule has 0 spiro atoms. The van der Waals surface area contributed by atoms with Gasteiger partial charge in [0.1, 0.15) is 0 Å². The molecule has 0 radical (unpaired) electrons. The number of benzene rings is 2. The number of hydrogen-bond acceptors (Lipinski definition) is 4. The first-order valence-electron chi connectivity index (χ1n) is 6.84. The highest BCUT2D eigenvalue weighted by Crippen LogP contribution is 2.37. The predicted octanol–water partition coefficient (Wildman–Crippen LogP) is 5.00. The average Bonchev–Trinajstić information content (AvgIpc) is 2.90. The Morgan fingerprint density at radius 2 is 1.77 bits per heavy atom. The lowest BCUT2D eigenvalue weighted by atomic mass is 10.1. The van der Waals surface area contributed by atoms with Crippen LogP contribution in [0.2, 0.25) is 0 Å². The van der Waals surface area contributed by atoms with E-state index in [1.165, 1.54) is 11.6 Å². The first kappa shape index (κ1) is 14.4. The molecule has 5 heteroatoms. The van der Waals surface area contributed by atoms with Crippen LogP contribution in [0.5, 0.6) is 0 Å². The van der Waals surface area contributed by atoms with Crippen molar-refractivity contribution in [2.75, 3.05) is 0 Å². The van der Waals surface area contributed by atoms with Gasteiger partial charge in [0.2, 0.25) is 0 Å². The topological polar surface area (TPSA) is 56.0 Å². The maximum absolute atomic E-state index is 11.0. The van der Waals surface area contributed by atoms with Gasteiger partial charge < -0.3 is 0 Å². The summed E-state index contributed by atoms with van der Waals surface area (Å²) in [6, 6.07) is 14.9. The molecule has 22 heavy (non-hydrogen) atoms. The van der Waals surface area contributed by atoms with Crippen molar-refractivity contribution in [2.24, 2.45) is 0 Å². The van der Waals surface area contributed by atoms with Crippen molar-refractivity contribution in [1.82, 2.24) is 4.98 Å². The summed E-state index contributed by atoms with van der Waals surface area (Å²) in [5.41, 5.74) is 4.01. The summed E-state index contributed by atoms with van der Waals surface area (Å²) in [6.45, 7) is 3.99. The standard InChI is InChI=1S/C17H14N2O2S/c1-11-6-8-13(9-7-11)16-17(22-12(2)18-16)14-4-3-5-15(10-14)19(20)21/h3-10H,1-2H3. The fourth-order valence-corrected chi connectivity index (χ4v) is 3.23. The summed E-state index contributed by atoms with van der Waals surface area (Å²) < 4.78 is 0. The Morgan fingerprint density at radius 3 is 2.45 bits per heavy atom. The van der Waals surface area contributed by atoms with Crippen LogP contribution in [0.4, 0.5) is 5.69 Å². The maximum Gasteiger partial charge on any atom is 0.270 e. The van der Waals surface area contributed by atoms with E-state index in [-0.39, 0.29) is 10.6 Å². The molecule has 0 saturated heterocycles. The van der Waals surface area contributed by atoms with Crippen LogP contribution in [0.1, 0.15) is 10.6 Å². The van der Waals surface area contributed by atoms with Crippen LogP contribution in [0.3, 0.4) is 0 Å². The van der Waals surface area contributed by atoms with Gasteiger partial charge in [-0.1, -0.05) is 42.0 Å². The second-order valence-corrected chi connectivity index (χ2v) is 6.29. The number of aromatic nitrogens is 1. The smallest absolute Gasteiger partial charge is 0.258 e.